The summed E-state index contributed by atoms with van der Waals surface area (Å²) in [5.41, 5.74) is -0.103. The lowest BCUT2D eigenvalue weighted by molar-refractivity contribution is 0.0702. The van der Waals surface area contributed by atoms with E-state index in [1.165, 1.54) is 24.3 Å². The minimum absolute atomic E-state index is 0.103. The van der Waals surface area contributed by atoms with Crippen LogP contribution in [0.15, 0.2) is 34.8 Å². The summed E-state index contributed by atoms with van der Waals surface area (Å²) < 4.78 is 14.1. The van der Waals surface area contributed by atoms with Gasteiger partial charge in [0.1, 0.15) is 10.7 Å². The van der Waals surface area contributed by atoms with Gasteiger partial charge in [0.05, 0.1) is 10.6 Å². The number of nitrogens with one attached hydrogen (secondary N) is 1. The Kier molecular flexibility index (Phi) is 3.96. The Balaban J connectivity index is 2.18. The molecule has 0 saturated heterocycles. The molecule has 1 aromatic carbocycles. The molecule has 2 rings (SSSR count). The van der Waals surface area contributed by atoms with Gasteiger partial charge in [-0.2, -0.15) is 0 Å². The fraction of sp³-hybridized carbons (Fsp3) is 0. The van der Waals surface area contributed by atoms with E-state index in [2.05, 4.69) is 21.2 Å². The van der Waals surface area contributed by atoms with E-state index in [9.17, 15) is 14.0 Å². The molecule has 0 aliphatic carbocycles. The molecular formula is C12H7BrFNO3S. The highest BCUT2D eigenvalue weighted by Crippen LogP contribution is 2.23. The number of thiophene rings is 1. The topological polar surface area (TPSA) is 66.4 Å². The number of carboxylic acid groups (broad SMARTS) is 1. The predicted molar refractivity (Wildman–Crippen MR) is 73.3 cm³/mol. The average molecular weight is 344 g/mol. The molecule has 0 radical (unpaired) electrons. The van der Waals surface area contributed by atoms with Crippen molar-refractivity contribution in [2.24, 2.45) is 0 Å². The van der Waals surface area contributed by atoms with Gasteiger partial charge in [0.2, 0.25) is 0 Å². The molecule has 19 heavy (non-hydrogen) atoms. The highest BCUT2D eigenvalue weighted by molar-refractivity contribution is 9.10. The van der Waals surface area contributed by atoms with Gasteiger partial charge in [-0.3, -0.25) is 4.79 Å². The number of aromatic carboxylic acids is 1. The number of rotatable bonds is 3. The Bertz CT molecular complexity index is 656. The van der Waals surface area contributed by atoms with Crippen molar-refractivity contribution in [3.05, 3.63) is 51.1 Å². The first-order valence-corrected chi connectivity index (χ1v) is 6.68. The first kappa shape index (κ1) is 13.7. The first-order valence-electron chi connectivity index (χ1n) is 5.07. The number of hydrogen-bond acceptors (Lipinski definition) is 3. The van der Waals surface area contributed by atoms with Crippen LogP contribution in [0, 0.1) is 5.82 Å². The number of halogens is 2. The molecule has 2 aromatic rings. The van der Waals surface area contributed by atoms with E-state index in [0.717, 1.165) is 11.3 Å². The van der Waals surface area contributed by atoms with Crippen LogP contribution in [0.5, 0.6) is 0 Å². The quantitative estimate of drug-likeness (QED) is 0.894. The van der Waals surface area contributed by atoms with E-state index in [4.69, 9.17) is 5.11 Å². The summed E-state index contributed by atoms with van der Waals surface area (Å²) in [7, 11) is 0. The SMILES string of the molecule is O=C(O)c1ccc(NC(=O)c2ccc(Br)cc2F)s1. The van der Waals surface area contributed by atoms with Crippen molar-refractivity contribution in [3.63, 3.8) is 0 Å². The summed E-state index contributed by atoms with van der Waals surface area (Å²) in [5, 5.41) is 11.6. The molecule has 0 aliphatic rings. The zero-order chi connectivity index (χ0) is 14.0. The third-order valence-corrected chi connectivity index (χ3v) is 3.71. The number of carbonyl (C=O) groups excluding carboxylic acids is 1. The second-order valence-electron chi connectivity index (χ2n) is 3.55. The standard InChI is InChI=1S/C12H7BrFNO3S/c13-6-1-2-7(8(14)5-6)11(16)15-10-4-3-9(19-10)12(17)18/h1-5H,(H,15,16)(H,17,18). The summed E-state index contributed by atoms with van der Waals surface area (Å²) in [5.74, 6) is -2.34. The molecule has 1 heterocycles. The molecule has 0 fully saturated rings. The fourth-order valence-corrected chi connectivity index (χ4v) is 2.45. The van der Waals surface area contributed by atoms with Gasteiger partial charge in [-0.05, 0) is 30.3 Å². The molecule has 2 N–H and O–H groups in total. The van der Waals surface area contributed by atoms with Crippen LogP contribution in [-0.2, 0) is 0 Å². The van der Waals surface area contributed by atoms with Crippen LogP contribution >= 0.6 is 27.3 Å². The maximum absolute atomic E-state index is 13.6. The lowest BCUT2D eigenvalue weighted by Gasteiger charge is -2.04. The van der Waals surface area contributed by atoms with Crippen LogP contribution in [0.2, 0.25) is 0 Å². The van der Waals surface area contributed by atoms with Crippen LogP contribution in [0.4, 0.5) is 9.39 Å². The fourth-order valence-electron chi connectivity index (χ4n) is 1.37. The van der Waals surface area contributed by atoms with E-state index in [1.54, 1.807) is 6.07 Å². The highest BCUT2D eigenvalue weighted by Gasteiger charge is 2.14. The third kappa shape index (κ3) is 3.18. The second kappa shape index (κ2) is 5.50. The summed E-state index contributed by atoms with van der Waals surface area (Å²) in [6.45, 7) is 0. The van der Waals surface area contributed by atoms with Crippen LogP contribution < -0.4 is 5.32 Å². The maximum Gasteiger partial charge on any atom is 0.345 e. The normalized spacial score (nSPS) is 10.2. The minimum atomic E-state index is -1.07. The largest absolute Gasteiger partial charge is 0.477 e. The lowest BCUT2D eigenvalue weighted by Crippen LogP contribution is -2.12. The summed E-state index contributed by atoms with van der Waals surface area (Å²) in [6, 6.07) is 6.92. The van der Waals surface area contributed by atoms with Crippen LogP contribution in [0.25, 0.3) is 0 Å². The first-order chi connectivity index (χ1) is 8.97. The molecule has 0 unspecified atom stereocenters. The molecule has 0 aliphatic heterocycles. The maximum atomic E-state index is 13.6. The molecule has 0 saturated carbocycles. The van der Waals surface area contributed by atoms with Gasteiger partial charge < -0.3 is 10.4 Å². The molecule has 0 atom stereocenters. The number of anilines is 1. The van der Waals surface area contributed by atoms with E-state index >= 15 is 0 Å². The highest BCUT2D eigenvalue weighted by atomic mass is 79.9. The van der Waals surface area contributed by atoms with Gasteiger partial charge in [-0.15, -0.1) is 11.3 Å². The van der Waals surface area contributed by atoms with E-state index < -0.39 is 17.7 Å². The Morgan fingerprint density at radius 1 is 1.26 bits per heavy atom. The van der Waals surface area contributed by atoms with Gasteiger partial charge in [-0.25, -0.2) is 9.18 Å². The zero-order valence-electron chi connectivity index (χ0n) is 9.31. The summed E-state index contributed by atoms with van der Waals surface area (Å²) in [6.07, 6.45) is 0. The van der Waals surface area contributed by atoms with Crippen LogP contribution in [0.1, 0.15) is 20.0 Å². The Morgan fingerprint density at radius 2 is 2.00 bits per heavy atom. The Labute approximate surface area is 120 Å². The van der Waals surface area contributed by atoms with E-state index in [1.807, 2.05) is 0 Å². The number of benzene rings is 1. The summed E-state index contributed by atoms with van der Waals surface area (Å²) >= 11 is 4.01. The number of carbonyl (C=O) groups is 2. The molecule has 1 amide bonds. The molecule has 1 aromatic heterocycles. The predicted octanol–water partition coefficient (Wildman–Crippen LogP) is 3.60. The number of carboxylic acids is 1. The van der Waals surface area contributed by atoms with Crippen molar-refractivity contribution in [1.82, 2.24) is 0 Å². The van der Waals surface area contributed by atoms with E-state index in [-0.39, 0.29) is 10.4 Å². The van der Waals surface area contributed by atoms with Gasteiger partial charge in [-0.1, -0.05) is 15.9 Å². The molecule has 0 bridgehead atoms. The van der Waals surface area contributed by atoms with Gasteiger partial charge >= 0.3 is 5.97 Å². The molecule has 4 nitrogen and oxygen atoms in total. The Hall–Kier alpha value is -1.73. The van der Waals surface area contributed by atoms with Crippen LogP contribution in [0.3, 0.4) is 0 Å². The average Bonchev–Trinajstić information content (AvgIpc) is 2.77. The van der Waals surface area contributed by atoms with Crippen molar-refractivity contribution in [1.29, 1.82) is 0 Å². The van der Waals surface area contributed by atoms with Crippen molar-refractivity contribution in [2.75, 3.05) is 5.32 Å². The summed E-state index contributed by atoms with van der Waals surface area (Å²) in [4.78, 5) is 22.6. The van der Waals surface area contributed by atoms with Gasteiger partial charge in [0.25, 0.3) is 5.91 Å². The number of amides is 1. The molecule has 7 heteroatoms. The van der Waals surface area contributed by atoms with E-state index in [0.29, 0.717) is 9.47 Å². The second-order valence-corrected chi connectivity index (χ2v) is 5.55. The van der Waals surface area contributed by atoms with Crippen molar-refractivity contribution < 1.29 is 19.1 Å². The number of hydrogen-bond donors (Lipinski definition) is 2. The van der Waals surface area contributed by atoms with Crippen molar-refractivity contribution >= 4 is 44.1 Å². The minimum Gasteiger partial charge on any atom is -0.477 e. The molecular weight excluding hydrogens is 337 g/mol. The van der Waals surface area contributed by atoms with Gasteiger partial charge in [0, 0.05) is 4.47 Å². The smallest absolute Gasteiger partial charge is 0.345 e. The molecule has 0 spiro atoms. The lowest BCUT2D eigenvalue weighted by atomic mass is 10.2. The molecule has 98 valence electrons. The van der Waals surface area contributed by atoms with Gasteiger partial charge in [0.15, 0.2) is 0 Å². The van der Waals surface area contributed by atoms with Crippen molar-refractivity contribution in [2.45, 2.75) is 0 Å². The zero-order valence-corrected chi connectivity index (χ0v) is 11.7. The Morgan fingerprint density at radius 3 is 2.58 bits per heavy atom. The van der Waals surface area contributed by atoms with Crippen LogP contribution in [-0.4, -0.2) is 17.0 Å². The monoisotopic (exact) mass is 343 g/mol. The van der Waals surface area contributed by atoms with Crippen molar-refractivity contribution in [3.8, 4) is 0 Å². The third-order valence-electron chi connectivity index (χ3n) is 2.23.